The molecule has 2 amide bonds. The Balaban J connectivity index is 1.35. The van der Waals surface area contributed by atoms with Gasteiger partial charge in [0, 0.05) is 19.0 Å². The van der Waals surface area contributed by atoms with Crippen LogP contribution in [-0.2, 0) is 22.6 Å². The molecule has 0 radical (unpaired) electrons. The fourth-order valence-electron chi connectivity index (χ4n) is 4.86. The molecule has 0 bridgehead atoms. The lowest BCUT2D eigenvalue weighted by Crippen LogP contribution is -2.41. The van der Waals surface area contributed by atoms with E-state index in [2.05, 4.69) is 36.5 Å². The van der Waals surface area contributed by atoms with Crippen molar-refractivity contribution < 1.29 is 18.7 Å². The lowest BCUT2D eigenvalue weighted by atomic mass is 9.87. The number of nitrogens with one attached hydrogen (secondary N) is 1. The molecule has 5 nitrogen and oxygen atoms in total. The molecule has 3 aromatic rings. The van der Waals surface area contributed by atoms with E-state index < -0.39 is 6.10 Å². The molecule has 1 aliphatic carbocycles. The molecule has 186 valence electrons. The number of benzene rings is 3. The fraction of sp³-hybridized carbons (Fsp3) is 0.333. The molecule has 1 heterocycles. The van der Waals surface area contributed by atoms with Crippen LogP contribution in [-0.4, -0.2) is 29.4 Å². The quantitative estimate of drug-likeness (QED) is 0.505. The molecule has 0 aromatic heterocycles. The first kappa shape index (κ1) is 24.0. The Bertz CT molecular complexity index is 1270. The zero-order valence-electron chi connectivity index (χ0n) is 20.7. The Kier molecular flexibility index (Phi) is 6.77. The summed E-state index contributed by atoms with van der Waals surface area (Å²) in [4.78, 5) is 27.9. The maximum absolute atomic E-state index is 13.2. The number of hydrogen-bond acceptors (Lipinski definition) is 3. The van der Waals surface area contributed by atoms with Gasteiger partial charge in [0.2, 0.25) is 5.91 Å². The first-order valence-electron chi connectivity index (χ1n) is 12.6. The van der Waals surface area contributed by atoms with Crippen LogP contribution in [0.4, 0.5) is 4.39 Å². The molecule has 0 saturated heterocycles. The summed E-state index contributed by atoms with van der Waals surface area (Å²) < 4.78 is 19.2. The van der Waals surface area contributed by atoms with Crippen LogP contribution in [0.15, 0.2) is 66.7 Å². The zero-order chi connectivity index (χ0) is 25.2. The third-order valence-electron chi connectivity index (χ3n) is 6.98. The van der Waals surface area contributed by atoms with Crippen LogP contribution in [0.5, 0.6) is 5.75 Å². The summed E-state index contributed by atoms with van der Waals surface area (Å²) in [7, 11) is 0. The van der Waals surface area contributed by atoms with Crippen LogP contribution >= 0.6 is 0 Å². The summed E-state index contributed by atoms with van der Waals surface area (Å²) in [5, 5.41) is 2.84. The van der Waals surface area contributed by atoms with Gasteiger partial charge in [-0.25, -0.2) is 4.39 Å². The number of halogens is 1. The second-order valence-electron chi connectivity index (χ2n) is 9.84. The lowest BCUT2D eigenvalue weighted by molar-refractivity contribution is -0.134. The Hall–Kier alpha value is -3.67. The zero-order valence-corrected chi connectivity index (χ0v) is 20.7. The normalized spacial score (nSPS) is 17.8. The number of aryl methyl sites for hydroxylation is 1. The van der Waals surface area contributed by atoms with Gasteiger partial charge in [-0.1, -0.05) is 48.0 Å². The van der Waals surface area contributed by atoms with Crippen molar-refractivity contribution in [1.82, 2.24) is 10.2 Å². The van der Waals surface area contributed by atoms with Crippen LogP contribution in [0.25, 0.3) is 0 Å². The molecule has 1 saturated carbocycles. The third-order valence-corrected chi connectivity index (χ3v) is 6.98. The Morgan fingerprint density at radius 1 is 1.08 bits per heavy atom. The van der Waals surface area contributed by atoms with Crippen LogP contribution in [0.2, 0.25) is 0 Å². The largest absolute Gasteiger partial charge is 0.481 e. The van der Waals surface area contributed by atoms with Gasteiger partial charge in [0.05, 0.1) is 6.04 Å². The molecule has 0 spiro atoms. The maximum Gasteiger partial charge on any atom is 0.261 e. The molecule has 6 heteroatoms. The van der Waals surface area contributed by atoms with E-state index in [0.717, 1.165) is 41.5 Å². The Labute approximate surface area is 211 Å². The molecule has 1 aliphatic heterocycles. The first-order chi connectivity index (χ1) is 17.4. The van der Waals surface area contributed by atoms with Crippen molar-refractivity contribution in [3.8, 4) is 5.75 Å². The molecule has 2 aliphatic rings. The van der Waals surface area contributed by atoms with E-state index in [9.17, 15) is 14.0 Å². The minimum atomic E-state index is -0.714. The summed E-state index contributed by atoms with van der Waals surface area (Å²) in [6, 6.07) is 20.1. The molecule has 0 unspecified atom stereocenters. The summed E-state index contributed by atoms with van der Waals surface area (Å²) in [5.41, 5.74) is 5.30. The predicted molar refractivity (Wildman–Crippen MR) is 136 cm³/mol. The number of fused-ring (bicyclic) bond motifs is 1. The maximum atomic E-state index is 13.2. The smallest absolute Gasteiger partial charge is 0.261 e. The molecule has 5 rings (SSSR count). The average Bonchev–Trinajstić information content (AvgIpc) is 3.72. The van der Waals surface area contributed by atoms with E-state index in [1.54, 1.807) is 19.1 Å². The van der Waals surface area contributed by atoms with Crippen molar-refractivity contribution in [2.24, 2.45) is 5.92 Å². The van der Waals surface area contributed by atoms with E-state index in [-0.39, 0.29) is 29.6 Å². The summed E-state index contributed by atoms with van der Waals surface area (Å²) in [6.07, 6.45) is 2.02. The predicted octanol–water partition coefficient (Wildman–Crippen LogP) is 5.10. The van der Waals surface area contributed by atoms with Crippen LogP contribution in [0.3, 0.4) is 0 Å². The molecule has 1 N–H and O–H groups in total. The third kappa shape index (κ3) is 5.27. The highest BCUT2D eigenvalue weighted by atomic mass is 19.1. The standard InChI is InChI=1S/C30H31FN2O3/c1-19-4-3-5-24(16-19)28-27-17-26(13-10-22(27)14-15-33(28)30(35)23-8-9-23)36-20(2)29(34)32-18-21-6-11-25(31)12-7-21/h3-7,10-13,16-17,20,23,28H,8-9,14-15,18H2,1-2H3,(H,32,34)/t20-,28+/m1/s1. The molecule has 36 heavy (non-hydrogen) atoms. The molecule has 3 aromatic carbocycles. The van der Waals surface area contributed by atoms with Crippen molar-refractivity contribution >= 4 is 11.8 Å². The van der Waals surface area contributed by atoms with E-state index in [1.165, 1.54) is 17.7 Å². The van der Waals surface area contributed by atoms with Gasteiger partial charge in [0.15, 0.2) is 6.10 Å². The van der Waals surface area contributed by atoms with Crippen molar-refractivity contribution in [1.29, 1.82) is 0 Å². The van der Waals surface area contributed by atoms with Crippen molar-refractivity contribution in [2.45, 2.75) is 51.8 Å². The first-order valence-corrected chi connectivity index (χ1v) is 12.6. The van der Waals surface area contributed by atoms with E-state index >= 15 is 0 Å². The van der Waals surface area contributed by atoms with Crippen molar-refractivity contribution in [2.75, 3.05) is 6.54 Å². The topological polar surface area (TPSA) is 58.6 Å². The van der Waals surface area contributed by atoms with Gasteiger partial charge in [-0.15, -0.1) is 0 Å². The monoisotopic (exact) mass is 486 g/mol. The Morgan fingerprint density at radius 2 is 1.86 bits per heavy atom. The summed E-state index contributed by atoms with van der Waals surface area (Å²) in [6.45, 7) is 4.76. The molecular weight excluding hydrogens is 455 g/mol. The number of ether oxygens (including phenoxy) is 1. The van der Waals surface area contributed by atoms with E-state index in [1.807, 2.05) is 23.1 Å². The van der Waals surface area contributed by atoms with Crippen LogP contribution < -0.4 is 10.1 Å². The number of nitrogens with zero attached hydrogens (tertiary/aromatic N) is 1. The van der Waals surface area contributed by atoms with E-state index in [4.69, 9.17) is 4.74 Å². The number of rotatable bonds is 7. The highest BCUT2D eigenvalue weighted by Crippen LogP contribution is 2.41. The fourth-order valence-corrected chi connectivity index (χ4v) is 4.86. The van der Waals surface area contributed by atoms with Gasteiger partial charge in [0.25, 0.3) is 5.91 Å². The van der Waals surface area contributed by atoms with Crippen LogP contribution in [0.1, 0.15) is 53.6 Å². The second-order valence-corrected chi connectivity index (χ2v) is 9.84. The summed E-state index contributed by atoms with van der Waals surface area (Å²) in [5.74, 6) is 0.403. The van der Waals surface area contributed by atoms with Gasteiger partial charge in [-0.3, -0.25) is 9.59 Å². The number of amides is 2. The van der Waals surface area contributed by atoms with Gasteiger partial charge in [0.1, 0.15) is 11.6 Å². The molecule has 1 fully saturated rings. The minimum absolute atomic E-state index is 0.142. The van der Waals surface area contributed by atoms with Gasteiger partial charge < -0.3 is 15.0 Å². The minimum Gasteiger partial charge on any atom is -0.481 e. The SMILES string of the molecule is Cc1cccc([C@H]2c3cc(O[C@H](C)C(=O)NCc4ccc(F)cc4)ccc3CCN2C(=O)C2CC2)c1. The van der Waals surface area contributed by atoms with Crippen molar-refractivity contribution in [3.05, 3.63) is 100 Å². The number of carbonyl (C=O) groups is 2. The number of hydrogen-bond donors (Lipinski definition) is 1. The van der Waals surface area contributed by atoms with Gasteiger partial charge in [-0.2, -0.15) is 0 Å². The lowest BCUT2D eigenvalue weighted by Gasteiger charge is -2.38. The van der Waals surface area contributed by atoms with E-state index in [0.29, 0.717) is 18.8 Å². The van der Waals surface area contributed by atoms with Crippen LogP contribution in [0, 0.1) is 18.7 Å². The molecule has 2 atom stereocenters. The Morgan fingerprint density at radius 3 is 2.58 bits per heavy atom. The summed E-state index contributed by atoms with van der Waals surface area (Å²) >= 11 is 0. The highest BCUT2D eigenvalue weighted by molar-refractivity contribution is 5.82. The second kappa shape index (κ2) is 10.1. The van der Waals surface area contributed by atoms with Gasteiger partial charge >= 0.3 is 0 Å². The number of carbonyl (C=O) groups excluding carboxylic acids is 2. The van der Waals surface area contributed by atoms with Gasteiger partial charge in [-0.05, 0) is 79.6 Å². The van der Waals surface area contributed by atoms with Crippen molar-refractivity contribution in [3.63, 3.8) is 0 Å². The average molecular weight is 487 g/mol. The molecular formula is C30H31FN2O3. The highest BCUT2D eigenvalue weighted by Gasteiger charge is 2.39.